The quantitative estimate of drug-likeness (QED) is 0.0197. The SMILES string of the molecule is CCCCCCCCC/C=C\CCCCCCCCCCOCC(COP(=O)([O-])OCC[N+](C)(C)C)OC(=O)CCCCCCCCCCCCCCCCCCCCCCCCC. The minimum absolute atomic E-state index is 0.0293. The van der Waals surface area contributed by atoms with Crippen molar-refractivity contribution >= 4 is 13.8 Å². The Morgan fingerprint density at radius 3 is 1.19 bits per heavy atom. The summed E-state index contributed by atoms with van der Waals surface area (Å²) < 4.78 is 34.8. The van der Waals surface area contributed by atoms with Crippen molar-refractivity contribution in [2.24, 2.45) is 0 Å². The zero-order valence-corrected chi connectivity index (χ0v) is 44.4. The Labute approximate surface area is 399 Å². The second kappa shape index (κ2) is 48.7. The van der Waals surface area contributed by atoms with Crippen LogP contribution in [0.2, 0.25) is 0 Å². The summed E-state index contributed by atoms with van der Waals surface area (Å²) in [4.78, 5) is 25.2. The van der Waals surface area contributed by atoms with Crippen LogP contribution < -0.4 is 4.89 Å². The molecule has 2 atom stereocenters. The molecule has 0 aliphatic rings. The highest BCUT2D eigenvalue weighted by Crippen LogP contribution is 2.38. The molecule has 382 valence electrons. The third-order valence-corrected chi connectivity index (χ3v) is 13.5. The predicted molar refractivity (Wildman–Crippen MR) is 273 cm³/mol. The number of phosphoric ester groups is 1. The van der Waals surface area contributed by atoms with Gasteiger partial charge in [-0.2, -0.15) is 0 Å². The van der Waals surface area contributed by atoms with Gasteiger partial charge in [-0.3, -0.25) is 9.36 Å². The normalized spacial score (nSPS) is 13.5. The van der Waals surface area contributed by atoms with Crippen molar-refractivity contribution in [3.8, 4) is 0 Å². The van der Waals surface area contributed by atoms with Crippen molar-refractivity contribution < 1.29 is 37.3 Å². The monoisotopic (exact) mass is 928 g/mol. The summed E-state index contributed by atoms with van der Waals surface area (Å²) in [5.74, 6) is -0.327. The van der Waals surface area contributed by atoms with Crippen LogP contribution in [-0.2, 0) is 27.9 Å². The highest BCUT2D eigenvalue weighted by atomic mass is 31.2. The van der Waals surface area contributed by atoms with Crippen LogP contribution in [0.1, 0.15) is 277 Å². The number of rotatable bonds is 53. The third kappa shape index (κ3) is 52.2. The molecule has 0 saturated carbocycles. The van der Waals surface area contributed by atoms with E-state index in [1.807, 2.05) is 21.1 Å². The summed E-state index contributed by atoms with van der Waals surface area (Å²) >= 11 is 0. The van der Waals surface area contributed by atoms with Gasteiger partial charge in [0.2, 0.25) is 0 Å². The maximum Gasteiger partial charge on any atom is 0.306 e. The van der Waals surface area contributed by atoms with Gasteiger partial charge in [0, 0.05) is 13.0 Å². The first-order valence-electron chi connectivity index (χ1n) is 27.9. The van der Waals surface area contributed by atoms with Gasteiger partial charge in [-0.05, 0) is 38.5 Å². The highest BCUT2D eigenvalue weighted by molar-refractivity contribution is 7.45. The van der Waals surface area contributed by atoms with E-state index in [0.717, 1.165) is 32.1 Å². The van der Waals surface area contributed by atoms with Crippen molar-refractivity contribution in [1.82, 2.24) is 0 Å². The molecule has 0 amide bonds. The smallest absolute Gasteiger partial charge is 0.306 e. The van der Waals surface area contributed by atoms with Crippen molar-refractivity contribution in [2.45, 2.75) is 283 Å². The van der Waals surface area contributed by atoms with E-state index >= 15 is 0 Å². The lowest BCUT2D eigenvalue weighted by molar-refractivity contribution is -0.870. The predicted octanol–water partition coefficient (Wildman–Crippen LogP) is 16.7. The Morgan fingerprint density at radius 1 is 0.469 bits per heavy atom. The van der Waals surface area contributed by atoms with Gasteiger partial charge < -0.3 is 27.9 Å². The fourth-order valence-electron chi connectivity index (χ4n) is 8.25. The van der Waals surface area contributed by atoms with Gasteiger partial charge in [0.25, 0.3) is 7.82 Å². The number of likely N-dealkylation sites (N-methyl/N-ethyl adjacent to an activating group) is 1. The van der Waals surface area contributed by atoms with Gasteiger partial charge in [0.05, 0.1) is 34.4 Å². The molecule has 64 heavy (non-hydrogen) atoms. The molecule has 0 aliphatic heterocycles. The van der Waals surface area contributed by atoms with E-state index in [0.29, 0.717) is 24.1 Å². The second-order valence-corrected chi connectivity index (χ2v) is 21.7. The van der Waals surface area contributed by atoms with E-state index in [2.05, 4.69) is 26.0 Å². The van der Waals surface area contributed by atoms with Gasteiger partial charge in [-0.15, -0.1) is 0 Å². The van der Waals surface area contributed by atoms with E-state index in [1.165, 1.54) is 225 Å². The van der Waals surface area contributed by atoms with Gasteiger partial charge in [-0.25, -0.2) is 0 Å². The minimum Gasteiger partial charge on any atom is -0.756 e. The standard InChI is InChI=1S/C55H110NO7P/c1-6-8-10-12-14-16-18-20-22-24-26-27-28-29-30-32-34-36-38-40-42-44-46-48-55(57)63-54(53-62-64(58,59)61-51-49-56(3,4)5)52-60-50-47-45-43-41-39-37-35-33-31-25-23-21-19-17-15-13-11-9-7-2/h23,25,54H,6-22,24,26-53H2,1-5H3/b25-23-. The average Bonchev–Trinajstić information content (AvgIpc) is 3.25. The molecule has 0 fully saturated rings. The van der Waals surface area contributed by atoms with Crippen LogP contribution in [0.3, 0.4) is 0 Å². The van der Waals surface area contributed by atoms with Crippen LogP contribution in [0.4, 0.5) is 0 Å². The fraction of sp³-hybridized carbons (Fsp3) is 0.945. The van der Waals surface area contributed by atoms with Gasteiger partial charge >= 0.3 is 5.97 Å². The minimum atomic E-state index is -4.53. The number of quaternary nitrogens is 1. The fourth-order valence-corrected chi connectivity index (χ4v) is 8.98. The van der Waals surface area contributed by atoms with E-state index < -0.39 is 13.9 Å². The molecule has 0 aromatic carbocycles. The number of carbonyl (C=O) groups excluding carboxylic acids is 1. The number of hydrogen-bond donors (Lipinski definition) is 0. The molecule has 0 aliphatic carbocycles. The summed E-state index contributed by atoms with van der Waals surface area (Å²) in [6.45, 7) is 5.48. The molecule has 0 N–H and O–H groups in total. The Kier molecular flexibility index (Phi) is 48.1. The van der Waals surface area contributed by atoms with Gasteiger partial charge in [0.1, 0.15) is 19.3 Å². The molecular formula is C55H110NO7P. The lowest BCUT2D eigenvalue weighted by Crippen LogP contribution is -2.37. The first-order valence-corrected chi connectivity index (χ1v) is 29.4. The Morgan fingerprint density at radius 2 is 0.812 bits per heavy atom. The van der Waals surface area contributed by atoms with Crippen LogP contribution in [0.5, 0.6) is 0 Å². The number of unbranched alkanes of at least 4 members (excludes halogenated alkanes) is 37. The van der Waals surface area contributed by atoms with E-state index in [-0.39, 0.29) is 25.8 Å². The Bertz CT molecular complexity index is 1030. The highest BCUT2D eigenvalue weighted by Gasteiger charge is 2.20. The molecule has 8 nitrogen and oxygen atoms in total. The van der Waals surface area contributed by atoms with Crippen molar-refractivity contribution in [3.05, 3.63) is 12.2 Å². The van der Waals surface area contributed by atoms with E-state index in [9.17, 15) is 14.3 Å². The Balaban J connectivity index is 4.05. The zero-order chi connectivity index (χ0) is 46.9. The summed E-state index contributed by atoms with van der Waals surface area (Å²) in [6, 6.07) is 0. The van der Waals surface area contributed by atoms with Crippen LogP contribution in [0, 0.1) is 0 Å². The molecule has 0 radical (unpaired) electrons. The topological polar surface area (TPSA) is 94.1 Å². The first kappa shape index (κ1) is 63.2. The summed E-state index contributed by atoms with van der Waals surface area (Å²) in [5.41, 5.74) is 0. The number of nitrogens with zero attached hydrogens (tertiary/aromatic N) is 1. The molecule has 2 unspecified atom stereocenters. The second-order valence-electron chi connectivity index (χ2n) is 20.3. The molecular weight excluding hydrogens is 818 g/mol. The number of phosphoric acid groups is 1. The largest absolute Gasteiger partial charge is 0.756 e. The summed E-state index contributed by atoms with van der Waals surface area (Å²) in [5, 5.41) is 0. The van der Waals surface area contributed by atoms with Crippen LogP contribution >= 0.6 is 7.82 Å². The lowest BCUT2D eigenvalue weighted by Gasteiger charge is -2.28. The maximum atomic E-state index is 12.8. The summed E-state index contributed by atoms with van der Waals surface area (Å²) in [6.07, 6.45) is 56.7. The molecule has 0 aromatic rings. The molecule has 9 heteroatoms. The van der Waals surface area contributed by atoms with Crippen LogP contribution in [0.25, 0.3) is 0 Å². The van der Waals surface area contributed by atoms with Crippen molar-refractivity contribution in [2.75, 3.05) is 54.1 Å². The zero-order valence-electron chi connectivity index (χ0n) is 43.5. The van der Waals surface area contributed by atoms with Crippen LogP contribution in [0.15, 0.2) is 12.2 Å². The Hall–Kier alpha value is -0.760. The molecule has 0 rings (SSSR count). The maximum absolute atomic E-state index is 12.8. The number of esters is 1. The van der Waals surface area contributed by atoms with Crippen molar-refractivity contribution in [3.63, 3.8) is 0 Å². The number of hydrogen-bond acceptors (Lipinski definition) is 7. The van der Waals surface area contributed by atoms with Crippen molar-refractivity contribution in [1.29, 1.82) is 0 Å². The first-order chi connectivity index (χ1) is 31.1. The van der Waals surface area contributed by atoms with Gasteiger partial charge in [0.15, 0.2) is 0 Å². The molecule has 0 heterocycles. The van der Waals surface area contributed by atoms with E-state index in [4.69, 9.17) is 18.5 Å². The lowest BCUT2D eigenvalue weighted by atomic mass is 10.0. The van der Waals surface area contributed by atoms with E-state index in [1.54, 1.807) is 0 Å². The van der Waals surface area contributed by atoms with Gasteiger partial charge in [-0.1, -0.05) is 244 Å². The number of allylic oxidation sites excluding steroid dienone is 2. The molecule has 0 bridgehead atoms. The number of ether oxygens (including phenoxy) is 2. The molecule has 0 spiro atoms. The summed E-state index contributed by atoms with van der Waals surface area (Å²) in [7, 11) is 1.37. The van der Waals surface area contributed by atoms with Crippen LogP contribution in [-0.4, -0.2) is 70.7 Å². The number of carbonyl (C=O) groups is 1. The third-order valence-electron chi connectivity index (χ3n) is 12.6. The average molecular weight is 928 g/mol. The molecule has 0 saturated heterocycles. The molecule has 0 aromatic heterocycles.